The average Bonchev–Trinajstić information content (AvgIpc) is 4.01. The Morgan fingerprint density at radius 1 is 1.06 bits per heavy atom. The molecule has 4 amide bonds. The lowest BCUT2D eigenvalue weighted by atomic mass is 9.85. The van der Waals surface area contributed by atoms with Crippen LogP contribution in [0.2, 0.25) is 0 Å². The standard InChI is InChI=1S/C37H41F2N5O8S/c1-36(2,3)30-33(46)44-19-21(17-28(44)32(45)41-37(18-27(37)31(38)39)34(47)43-53(49,50)22-12-13-22)52-42-29-25-10-5-4-9-23(25)24-14-11-20(16-26(24)29)8-6-7-15-51-35(48)40-30/h4-6,8-11,14,16,21-22,27-28,30-31H,7,12-13,15,17-19H2,1-3H3,(H,40,48)(H,41,45)(H,43,47)/b8-6+,42-29+/t21-,27+,28+,30-,37+/m1/s1. The number of ether oxygens (including phenoxy) is 1. The number of amides is 4. The molecule has 7 rings (SSSR count). The Labute approximate surface area is 305 Å². The molecule has 0 spiro atoms. The summed E-state index contributed by atoms with van der Waals surface area (Å²) in [6.45, 7) is 5.00. The van der Waals surface area contributed by atoms with E-state index in [4.69, 9.17) is 9.57 Å². The fraction of sp³-hybridized carbons (Fsp3) is 0.486. The summed E-state index contributed by atoms with van der Waals surface area (Å²) in [5.41, 5.74) is 1.84. The number of nitrogens with zero attached hydrogens (tertiary/aromatic N) is 2. The number of carbonyl (C=O) groups is 4. The van der Waals surface area contributed by atoms with Crippen LogP contribution in [0.3, 0.4) is 0 Å². The second-order valence-electron chi connectivity index (χ2n) is 15.3. The topological polar surface area (TPSA) is 173 Å². The Hall–Kier alpha value is -4.86. The summed E-state index contributed by atoms with van der Waals surface area (Å²) >= 11 is 0. The first-order valence-electron chi connectivity index (χ1n) is 17.6. The molecule has 0 aromatic heterocycles. The van der Waals surface area contributed by atoms with Crippen LogP contribution < -0.4 is 15.4 Å². The molecule has 16 heteroatoms. The summed E-state index contributed by atoms with van der Waals surface area (Å²) in [6, 6.07) is 11.0. The van der Waals surface area contributed by atoms with Gasteiger partial charge < -0.3 is 25.1 Å². The summed E-state index contributed by atoms with van der Waals surface area (Å²) in [4.78, 5) is 62.0. The Balaban J connectivity index is 1.23. The lowest BCUT2D eigenvalue weighted by Gasteiger charge is -2.35. The Morgan fingerprint density at radius 3 is 2.45 bits per heavy atom. The molecule has 4 bridgehead atoms. The lowest BCUT2D eigenvalue weighted by molar-refractivity contribution is -0.143. The number of oxime groups is 1. The first-order valence-corrected chi connectivity index (χ1v) is 19.2. The van der Waals surface area contributed by atoms with Gasteiger partial charge in [-0.15, -0.1) is 0 Å². The highest BCUT2D eigenvalue weighted by molar-refractivity contribution is 7.91. The molecule has 5 aliphatic rings. The Bertz CT molecular complexity index is 2030. The van der Waals surface area contributed by atoms with Crippen molar-refractivity contribution in [3.8, 4) is 11.1 Å². The van der Waals surface area contributed by atoms with E-state index >= 15 is 0 Å². The highest BCUT2D eigenvalue weighted by Gasteiger charge is 2.67. The number of carbonyl (C=O) groups excluding carboxylic acids is 4. The minimum absolute atomic E-state index is 0.0209. The Morgan fingerprint density at radius 2 is 1.77 bits per heavy atom. The van der Waals surface area contributed by atoms with Crippen LogP contribution in [0.4, 0.5) is 13.6 Å². The van der Waals surface area contributed by atoms with E-state index in [1.54, 1.807) is 20.8 Å². The minimum Gasteiger partial charge on any atom is -0.449 e. The Kier molecular flexibility index (Phi) is 9.31. The highest BCUT2D eigenvalue weighted by atomic mass is 32.2. The van der Waals surface area contributed by atoms with E-state index in [-0.39, 0.29) is 19.6 Å². The minimum atomic E-state index is -4.12. The molecule has 2 aliphatic heterocycles. The van der Waals surface area contributed by atoms with Gasteiger partial charge in [-0.05, 0) is 53.9 Å². The molecule has 2 aromatic rings. The van der Waals surface area contributed by atoms with Gasteiger partial charge in [0.15, 0.2) is 0 Å². The van der Waals surface area contributed by atoms with E-state index in [0.717, 1.165) is 27.8 Å². The van der Waals surface area contributed by atoms with Crippen LogP contribution in [0.15, 0.2) is 53.7 Å². The van der Waals surface area contributed by atoms with Crippen molar-refractivity contribution in [1.29, 1.82) is 0 Å². The summed E-state index contributed by atoms with van der Waals surface area (Å²) in [5, 5.41) is 8.80. The number of alkyl carbamates (subject to hydrolysis) is 1. The molecular weight excluding hydrogens is 712 g/mol. The number of rotatable bonds is 6. The number of sulfonamides is 1. The molecule has 3 fully saturated rings. The summed E-state index contributed by atoms with van der Waals surface area (Å²) in [5.74, 6) is -4.52. The van der Waals surface area contributed by atoms with Crippen molar-refractivity contribution in [2.75, 3.05) is 13.2 Å². The van der Waals surface area contributed by atoms with Crippen molar-refractivity contribution in [3.05, 3.63) is 65.2 Å². The van der Waals surface area contributed by atoms with Gasteiger partial charge >= 0.3 is 6.09 Å². The predicted molar refractivity (Wildman–Crippen MR) is 189 cm³/mol. The van der Waals surface area contributed by atoms with Crippen LogP contribution in [0.25, 0.3) is 17.2 Å². The third-order valence-corrected chi connectivity index (χ3v) is 12.2. The fourth-order valence-corrected chi connectivity index (χ4v) is 8.57. The number of fused-ring (bicyclic) bond motifs is 6. The second-order valence-corrected chi connectivity index (χ2v) is 17.3. The van der Waals surface area contributed by atoms with E-state index in [0.29, 0.717) is 25.0 Å². The SMILES string of the molecule is CC(C)(C)[C@@H]1NC(=O)OCC/C=C/c2ccc3c(c2)/C(=N/O[C@@H]2C[C@@H](C(=O)N[C@@]4(C(=O)NS(=O)(=O)C5CC5)C[C@H]4C(F)F)N(C2)C1=O)c1ccccc1-3. The van der Waals surface area contributed by atoms with E-state index in [1.807, 2.05) is 59.3 Å². The van der Waals surface area contributed by atoms with Gasteiger partial charge in [0.05, 0.1) is 24.3 Å². The number of alkyl halides is 2. The summed E-state index contributed by atoms with van der Waals surface area (Å²) in [7, 11) is -4.12. The third kappa shape index (κ3) is 7.12. The van der Waals surface area contributed by atoms with Crippen LogP contribution in [0.1, 0.15) is 69.6 Å². The quantitative estimate of drug-likeness (QED) is 0.342. The van der Waals surface area contributed by atoms with Crippen LogP contribution in [0, 0.1) is 11.3 Å². The van der Waals surface area contributed by atoms with Crippen LogP contribution in [-0.4, -0.2) is 91.4 Å². The van der Waals surface area contributed by atoms with Crippen LogP contribution >= 0.6 is 0 Å². The zero-order chi connectivity index (χ0) is 37.9. The number of cyclic esters (lactones) is 1. The van der Waals surface area contributed by atoms with E-state index in [1.165, 1.54) is 4.90 Å². The van der Waals surface area contributed by atoms with Gasteiger partial charge in [0, 0.05) is 17.5 Å². The van der Waals surface area contributed by atoms with E-state index in [2.05, 4.69) is 15.8 Å². The van der Waals surface area contributed by atoms with Gasteiger partial charge in [-0.1, -0.05) is 74.5 Å². The van der Waals surface area contributed by atoms with Crippen molar-refractivity contribution in [2.24, 2.45) is 16.5 Å². The molecule has 3 aliphatic carbocycles. The van der Waals surface area contributed by atoms with Gasteiger partial charge in [0.25, 0.3) is 5.91 Å². The monoisotopic (exact) mass is 753 g/mol. The van der Waals surface area contributed by atoms with Gasteiger partial charge in [0.2, 0.25) is 28.3 Å². The fourth-order valence-electron chi connectivity index (χ4n) is 7.21. The number of hydrogen-bond donors (Lipinski definition) is 3. The number of hydrogen-bond acceptors (Lipinski definition) is 9. The molecule has 2 saturated carbocycles. The lowest BCUT2D eigenvalue weighted by Crippen LogP contribution is -2.60. The largest absolute Gasteiger partial charge is 0.449 e. The second kappa shape index (κ2) is 13.5. The molecule has 0 unspecified atom stereocenters. The number of nitrogens with one attached hydrogen (secondary N) is 3. The van der Waals surface area contributed by atoms with Gasteiger partial charge in [-0.3, -0.25) is 19.1 Å². The smallest absolute Gasteiger partial charge is 0.407 e. The van der Waals surface area contributed by atoms with Crippen molar-refractivity contribution >= 4 is 45.6 Å². The van der Waals surface area contributed by atoms with Crippen molar-refractivity contribution in [1.82, 2.24) is 20.3 Å². The van der Waals surface area contributed by atoms with Crippen LogP contribution in [-0.2, 0) is 34.0 Å². The molecule has 53 heavy (non-hydrogen) atoms. The molecule has 0 radical (unpaired) electrons. The van der Waals surface area contributed by atoms with E-state index < -0.39 is 87.0 Å². The molecule has 1 saturated heterocycles. The third-order valence-electron chi connectivity index (χ3n) is 10.4. The summed E-state index contributed by atoms with van der Waals surface area (Å²) in [6.07, 6.45) is -0.602. The van der Waals surface area contributed by atoms with Gasteiger partial charge in [-0.2, -0.15) is 0 Å². The molecule has 13 nitrogen and oxygen atoms in total. The normalized spacial score (nSPS) is 28.6. The zero-order valence-electron chi connectivity index (χ0n) is 29.4. The van der Waals surface area contributed by atoms with Crippen molar-refractivity contribution in [3.63, 3.8) is 0 Å². The van der Waals surface area contributed by atoms with Gasteiger partial charge in [-0.25, -0.2) is 22.0 Å². The summed E-state index contributed by atoms with van der Waals surface area (Å²) < 4.78 is 60.6. The van der Waals surface area contributed by atoms with Crippen LogP contribution in [0.5, 0.6) is 0 Å². The molecule has 2 aromatic carbocycles. The number of halogens is 2. The zero-order valence-corrected chi connectivity index (χ0v) is 30.3. The molecular formula is C37H41F2N5O8S. The van der Waals surface area contributed by atoms with E-state index in [9.17, 15) is 36.4 Å². The first-order chi connectivity index (χ1) is 25.1. The predicted octanol–water partition coefficient (Wildman–Crippen LogP) is 3.71. The molecule has 3 N–H and O–H groups in total. The maximum atomic E-state index is 14.4. The average molecular weight is 754 g/mol. The number of benzene rings is 2. The highest BCUT2D eigenvalue weighted by Crippen LogP contribution is 2.48. The maximum absolute atomic E-state index is 14.4. The molecule has 2 heterocycles. The molecule has 282 valence electrons. The van der Waals surface area contributed by atoms with Crippen molar-refractivity contribution < 1.29 is 46.0 Å². The molecule has 5 atom stereocenters. The van der Waals surface area contributed by atoms with Gasteiger partial charge in [0.1, 0.15) is 29.4 Å². The maximum Gasteiger partial charge on any atom is 0.407 e. The first kappa shape index (κ1) is 36.5. The van der Waals surface area contributed by atoms with Crippen molar-refractivity contribution in [2.45, 2.75) is 88.3 Å².